The second kappa shape index (κ2) is 3.14. The van der Waals surface area contributed by atoms with Crippen LogP contribution in [0.25, 0.3) is 5.52 Å². The average Bonchev–Trinajstić information content (AvgIpc) is 2.46. The molecule has 68 valence electrons. The van der Waals surface area contributed by atoms with E-state index in [0.29, 0.717) is 6.54 Å². The van der Waals surface area contributed by atoms with E-state index in [0.717, 1.165) is 23.5 Å². The molecule has 0 unspecified atom stereocenters. The molecule has 0 aliphatic heterocycles. The maximum absolute atomic E-state index is 5.49. The van der Waals surface area contributed by atoms with Gasteiger partial charge in [-0.05, 0) is 13.5 Å². The molecule has 0 atom stereocenters. The first-order valence-corrected chi connectivity index (χ1v) is 4.30. The van der Waals surface area contributed by atoms with Crippen LogP contribution in [0.1, 0.15) is 11.5 Å². The molecule has 2 N–H and O–H groups in total. The third-order valence-corrected chi connectivity index (χ3v) is 2.07. The summed E-state index contributed by atoms with van der Waals surface area (Å²) in [5, 5.41) is 0. The van der Waals surface area contributed by atoms with Crippen molar-refractivity contribution in [3.8, 4) is 0 Å². The monoisotopic (exact) mass is 176 g/mol. The highest BCUT2D eigenvalue weighted by Gasteiger charge is 2.05. The Morgan fingerprint density at radius 1 is 1.54 bits per heavy atom. The number of nitrogens with zero attached hydrogens (tertiary/aromatic N) is 3. The number of hydrogen-bond donors (Lipinski definition) is 1. The normalized spacial score (nSPS) is 10.9. The van der Waals surface area contributed by atoms with Gasteiger partial charge in [0.1, 0.15) is 5.82 Å². The van der Waals surface area contributed by atoms with Gasteiger partial charge in [-0.25, -0.2) is 4.98 Å². The first-order chi connectivity index (χ1) is 6.33. The van der Waals surface area contributed by atoms with Crippen molar-refractivity contribution in [2.75, 3.05) is 6.54 Å². The molecular weight excluding hydrogens is 164 g/mol. The van der Waals surface area contributed by atoms with Crippen molar-refractivity contribution >= 4 is 5.52 Å². The minimum absolute atomic E-state index is 0.626. The maximum Gasteiger partial charge on any atom is 0.114 e. The molecule has 0 saturated carbocycles. The molecule has 0 aromatic carbocycles. The molecule has 0 spiro atoms. The molecule has 0 aliphatic carbocycles. The van der Waals surface area contributed by atoms with Crippen LogP contribution in [0.5, 0.6) is 0 Å². The van der Waals surface area contributed by atoms with Gasteiger partial charge in [0.25, 0.3) is 0 Å². The predicted molar refractivity (Wildman–Crippen MR) is 50.5 cm³/mol. The fourth-order valence-corrected chi connectivity index (χ4v) is 1.46. The summed E-state index contributed by atoms with van der Waals surface area (Å²) in [6.45, 7) is 2.61. The Morgan fingerprint density at radius 3 is 3.15 bits per heavy atom. The van der Waals surface area contributed by atoms with Gasteiger partial charge in [0, 0.05) is 18.8 Å². The first-order valence-electron chi connectivity index (χ1n) is 4.30. The molecule has 2 rings (SSSR count). The largest absolute Gasteiger partial charge is 0.330 e. The average molecular weight is 176 g/mol. The minimum atomic E-state index is 0.626. The fourth-order valence-electron chi connectivity index (χ4n) is 1.46. The fraction of sp³-hybridized carbons (Fsp3) is 0.333. The lowest BCUT2D eigenvalue weighted by Gasteiger charge is -1.96. The van der Waals surface area contributed by atoms with Crippen LogP contribution in [0, 0.1) is 6.92 Å². The second-order valence-electron chi connectivity index (χ2n) is 2.98. The number of rotatable bonds is 2. The van der Waals surface area contributed by atoms with Gasteiger partial charge in [-0.3, -0.25) is 4.98 Å². The zero-order valence-corrected chi connectivity index (χ0v) is 7.57. The van der Waals surface area contributed by atoms with Crippen molar-refractivity contribution in [2.45, 2.75) is 13.3 Å². The SMILES string of the molecule is Cc1nc(CCN)n2ccncc12. The molecule has 0 aliphatic rings. The molecule has 0 saturated heterocycles. The topological polar surface area (TPSA) is 56.2 Å². The minimum Gasteiger partial charge on any atom is -0.330 e. The molecule has 0 amide bonds. The highest BCUT2D eigenvalue weighted by atomic mass is 15.0. The zero-order chi connectivity index (χ0) is 9.26. The Kier molecular flexibility index (Phi) is 1.98. The number of fused-ring (bicyclic) bond motifs is 1. The highest BCUT2D eigenvalue weighted by molar-refractivity contribution is 5.50. The number of imidazole rings is 1. The summed E-state index contributed by atoms with van der Waals surface area (Å²) in [6, 6.07) is 0. The van der Waals surface area contributed by atoms with E-state index < -0.39 is 0 Å². The molecule has 13 heavy (non-hydrogen) atoms. The van der Waals surface area contributed by atoms with Gasteiger partial charge in [-0.2, -0.15) is 0 Å². The van der Waals surface area contributed by atoms with Crippen LogP contribution in [0.3, 0.4) is 0 Å². The van der Waals surface area contributed by atoms with E-state index in [1.54, 1.807) is 6.20 Å². The predicted octanol–water partition coefficient (Wildman–Crippen LogP) is 0.539. The van der Waals surface area contributed by atoms with E-state index in [9.17, 15) is 0 Å². The van der Waals surface area contributed by atoms with Gasteiger partial charge in [0.2, 0.25) is 0 Å². The standard InChI is InChI=1S/C9H12N4/c1-7-8-6-11-4-5-13(8)9(12-7)2-3-10/h4-6H,2-3,10H2,1H3. The van der Waals surface area contributed by atoms with E-state index in [4.69, 9.17) is 5.73 Å². The Bertz CT molecular complexity index is 418. The van der Waals surface area contributed by atoms with E-state index in [1.165, 1.54) is 0 Å². The van der Waals surface area contributed by atoms with Crippen molar-refractivity contribution in [2.24, 2.45) is 5.73 Å². The van der Waals surface area contributed by atoms with Crippen LogP contribution < -0.4 is 5.73 Å². The summed E-state index contributed by atoms with van der Waals surface area (Å²) >= 11 is 0. The summed E-state index contributed by atoms with van der Waals surface area (Å²) in [7, 11) is 0. The van der Waals surface area contributed by atoms with Crippen LogP contribution in [0.4, 0.5) is 0 Å². The van der Waals surface area contributed by atoms with Gasteiger partial charge in [0.15, 0.2) is 0 Å². The summed E-state index contributed by atoms with van der Waals surface area (Å²) in [5.41, 5.74) is 7.56. The number of aryl methyl sites for hydroxylation is 1. The van der Waals surface area contributed by atoms with Crippen molar-refractivity contribution < 1.29 is 0 Å². The van der Waals surface area contributed by atoms with Crippen LogP contribution in [-0.4, -0.2) is 20.9 Å². The summed E-state index contributed by atoms with van der Waals surface area (Å²) in [5.74, 6) is 1.01. The summed E-state index contributed by atoms with van der Waals surface area (Å²) in [4.78, 5) is 8.48. The molecule has 4 heteroatoms. The zero-order valence-electron chi connectivity index (χ0n) is 7.57. The van der Waals surface area contributed by atoms with E-state index in [-0.39, 0.29) is 0 Å². The molecule has 2 aromatic heterocycles. The lowest BCUT2D eigenvalue weighted by molar-refractivity contribution is 0.858. The van der Waals surface area contributed by atoms with Crippen molar-refractivity contribution in [3.05, 3.63) is 30.1 Å². The third kappa shape index (κ3) is 1.29. The van der Waals surface area contributed by atoms with Gasteiger partial charge in [0.05, 0.1) is 17.4 Å². The molecular formula is C9H12N4. The maximum atomic E-state index is 5.49. The number of hydrogen-bond acceptors (Lipinski definition) is 3. The molecule has 2 heterocycles. The lowest BCUT2D eigenvalue weighted by atomic mass is 10.4. The van der Waals surface area contributed by atoms with Gasteiger partial charge in [-0.1, -0.05) is 0 Å². The highest BCUT2D eigenvalue weighted by Crippen LogP contribution is 2.10. The Balaban J connectivity index is 2.63. The van der Waals surface area contributed by atoms with Crippen LogP contribution >= 0.6 is 0 Å². The van der Waals surface area contributed by atoms with Crippen molar-refractivity contribution in [1.82, 2.24) is 14.4 Å². The van der Waals surface area contributed by atoms with Crippen LogP contribution in [0.15, 0.2) is 18.6 Å². The number of nitrogens with two attached hydrogens (primary N) is 1. The van der Waals surface area contributed by atoms with E-state index in [2.05, 4.69) is 9.97 Å². The van der Waals surface area contributed by atoms with Crippen LogP contribution in [-0.2, 0) is 6.42 Å². The second-order valence-corrected chi connectivity index (χ2v) is 2.98. The van der Waals surface area contributed by atoms with Gasteiger partial charge in [-0.15, -0.1) is 0 Å². The van der Waals surface area contributed by atoms with E-state index >= 15 is 0 Å². The third-order valence-electron chi connectivity index (χ3n) is 2.07. The Morgan fingerprint density at radius 2 is 2.38 bits per heavy atom. The Hall–Kier alpha value is -1.42. The smallest absolute Gasteiger partial charge is 0.114 e. The Labute approximate surface area is 76.4 Å². The number of aromatic nitrogens is 3. The molecule has 0 radical (unpaired) electrons. The van der Waals surface area contributed by atoms with Gasteiger partial charge < -0.3 is 10.1 Å². The van der Waals surface area contributed by atoms with Gasteiger partial charge >= 0.3 is 0 Å². The molecule has 0 bridgehead atoms. The summed E-state index contributed by atoms with van der Waals surface area (Å²) < 4.78 is 2.04. The van der Waals surface area contributed by atoms with Crippen LogP contribution in [0.2, 0.25) is 0 Å². The first kappa shape index (κ1) is 8.19. The molecule has 2 aromatic rings. The quantitative estimate of drug-likeness (QED) is 0.726. The van der Waals surface area contributed by atoms with Crippen molar-refractivity contribution in [1.29, 1.82) is 0 Å². The molecule has 0 fully saturated rings. The molecule has 4 nitrogen and oxygen atoms in total. The van der Waals surface area contributed by atoms with Crippen molar-refractivity contribution in [3.63, 3.8) is 0 Å². The lowest BCUT2D eigenvalue weighted by Crippen LogP contribution is -2.06. The summed E-state index contributed by atoms with van der Waals surface area (Å²) in [6.07, 6.45) is 6.30. The van der Waals surface area contributed by atoms with E-state index in [1.807, 2.05) is 23.7 Å².